The van der Waals surface area contributed by atoms with Crippen molar-refractivity contribution >= 4 is 120 Å². The first-order valence-corrected chi connectivity index (χ1v) is 23.3. The second-order valence-electron chi connectivity index (χ2n) is 13.4. The van der Waals surface area contributed by atoms with Crippen LogP contribution in [0.1, 0.15) is 22.3 Å². The third-order valence-electron chi connectivity index (χ3n) is 9.86. The van der Waals surface area contributed by atoms with E-state index >= 15 is 9.59 Å². The fraction of sp³-hybridized carbons (Fsp3) is 0.111. The van der Waals surface area contributed by atoms with Crippen molar-refractivity contribution in [1.29, 1.82) is 21.0 Å². The van der Waals surface area contributed by atoms with Gasteiger partial charge in [-0.1, -0.05) is 60.7 Å². The van der Waals surface area contributed by atoms with Crippen LogP contribution in [0.5, 0.6) is 11.5 Å². The molecule has 0 radical (unpaired) electrons. The number of hydrogen-bond acceptors (Lipinski definition) is 18. The van der Waals surface area contributed by atoms with Gasteiger partial charge in [0.1, 0.15) is 59.0 Å². The lowest BCUT2D eigenvalue weighted by Gasteiger charge is -2.26. The molecule has 6 heterocycles. The van der Waals surface area contributed by atoms with Crippen molar-refractivity contribution in [1.82, 2.24) is 0 Å². The zero-order valence-corrected chi connectivity index (χ0v) is 37.5. The molecule has 9 rings (SSSR count). The van der Waals surface area contributed by atoms with Crippen LogP contribution in [-0.2, 0) is 37.7 Å². The standard InChI is InChI=1S/C45H24N6O6S6/c1-54-28-14-33(50-25(17-46)18-47)61-37(28)30-13-27-36(58-30)40-35(45(27,43(52)56-21-23-9-5-3-6-10-23)44(53)57-22-24-11-7-4-8-12-24)41-42(63-40)39-32(60-41)16-31(59-39)38-29(55-2)15-34(62-38)51-26(19-48)20-49/h3-16H,21-22H2,1-2H3. The summed E-state index contributed by atoms with van der Waals surface area (Å²) >= 11 is 8.34. The van der Waals surface area contributed by atoms with E-state index in [9.17, 15) is 21.0 Å². The molecule has 0 saturated carbocycles. The van der Waals surface area contributed by atoms with Crippen LogP contribution in [0.4, 0.5) is 10.0 Å². The number of nitrogens with zero attached hydrogens (tertiary/aromatic N) is 6. The number of aliphatic imine (C=N–C) groups is 2. The molecule has 63 heavy (non-hydrogen) atoms. The van der Waals surface area contributed by atoms with Crippen LogP contribution in [0.3, 0.4) is 0 Å². The number of carbonyl (C=O) groups is 2. The van der Waals surface area contributed by atoms with Crippen LogP contribution in [0.15, 0.2) is 94.9 Å². The topological polar surface area (TPSA) is 191 Å². The molecule has 0 aliphatic heterocycles. The molecule has 1 aliphatic rings. The van der Waals surface area contributed by atoms with Gasteiger partial charge < -0.3 is 18.9 Å². The predicted molar refractivity (Wildman–Crippen MR) is 248 cm³/mol. The van der Waals surface area contributed by atoms with Gasteiger partial charge in [-0.3, -0.25) is 9.59 Å². The first-order chi connectivity index (χ1) is 30.7. The van der Waals surface area contributed by atoms with Crippen molar-refractivity contribution in [2.24, 2.45) is 9.98 Å². The zero-order chi connectivity index (χ0) is 43.8. The van der Waals surface area contributed by atoms with E-state index in [0.717, 1.165) is 44.6 Å². The molecular weight excluding hydrogens is 913 g/mol. The molecule has 0 spiro atoms. The zero-order valence-electron chi connectivity index (χ0n) is 32.6. The lowest BCUT2D eigenvalue weighted by atomic mass is 9.79. The largest absolute Gasteiger partial charge is 0.495 e. The number of ether oxygens (including phenoxy) is 4. The van der Waals surface area contributed by atoms with Crippen LogP contribution < -0.4 is 9.47 Å². The Kier molecular flexibility index (Phi) is 11.2. The van der Waals surface area contributed by atoms with E-state index in [2.05, 4.69) is 9.98 Å². The van der Waals surface area contributed by atoms with Crippen molar-refractivity contribution in [3.05, 3.63) is 107 Å². The van der Waals surface area contributed by atoms with Gasteiger partial charge in [0, 0.05) is 32.8 Å². The van der Waals surface area contributed by atoms with Gasteiger partial charge >= 0.3 is 11.9 Å². The van der Waals surface area contributed by atoms with Crippen molar-refractivity contribution < 1.29 is 28.5 Å². The maximum Gasteiger partial charge on any atom is 0.333 e. The second kappa shape index (κ2) is 17.0. The summed E-state index contributed by atoms with van der Waals surface area (Å²) in [5.74, 6) is -0.591. The first kappa shape index (κ1) is 41.4. The number of carbonyl (C=O) groups excluding carboxylic acids is 2. The number of esters is 2. The average molecular weight is 937 g/mol. The van der Waals surface area contributed by atoms with E-state index in [-0.39, 0.29) is 24.6 Å². The Morgan fingerprint density at radius 1 is 0.571 bits per heavy atom. The molecule has 0 unspecified atom stereocenters. The maximum absolute atomic E-state index is 15.2. The Hall–Kier alpha value is -7.00. The van der Waals surface area contributed by atoms with E-state index in [1.54, 1.807) is 43.5 Å². The van der Waals surface area contributed by atoms with Crippen LogP contribution in [0.2, 0.25) is 0 Å². The number of rotatable bonds is 12. The van der Waals surface area contributed by atoms with Crippen molar-refractivity contribution in [3.63, 3.8) is 0 Å². The van der Waals surface area contributed by atoms with Gasteiger partial charge in [-0.15, -0.1) is 68.0 Å². The number of nitriles is 4. The Bertz CT molecular complexity index is 3290. The normalized spacial score (nSPS) is 12.0. The van der Waals surface area contributed by atoms with E-state index in [4.69, 9.17) is 18.9 Å². The highest BCUT2D eigenvalue weighted by Gasteiger charge is 2.61. The van der Waals surface area contributed by atoms with Crippen molar-refractivity contribution in [2.75, 3.05) is 14.2 Å². The third-order valence-corrected chi connectivity index (χ3v) is 17.4. The molecule has 8 aromatic rings. The summed E-state index contributed by atoms with van der Waals surface area (Å²) in [6, 6.07) is 32.8. The minimum atomic E-state index is -2.04. The lowest BCUT2D eigenvalue weighted by Crippen LogP contribution is -2.45. The highest BCUT2D eigenvalue weighted by molar-refractivity contribution is 7.41. The monoisotopic (exact) mass is 936 g/mol. The van der Waals surface area contributed by atoms with E-state index in [1.807, 2.05) is 72.8 Å². The maximum atomic E-state index is 15.2. The molecule has 0 atom stereocenters. The van der Waals surface area contributed by atoms with Crippen LogP contribution in [0, 0.1) is 45.3 Å². The van der Waals surface area contributed by atoms with Gasteiger partial charge in [-0.25, -0.2) is 9.98 Å². The fourth-order valence-electron chi connectivity index (χ4n) is 7.10. The Labute approximate surface area is 382 Å². The fourth-order valence-corrected chi connectivity index (χ4v) is 15.1. The highest BCUT2D eigenvalue weighted by atomic mass is 32.1. The minimum Gasteiger partial charge on any atom is -0.495 e. The molecule has 306 valence electrons. The molecule has 0 bridgehead atoms. The molecule has 1 aliphatic carbocycles. The van der Waals surface area contributed by atoms with Crippen LogP contribution in [-0.4, -0.2) is 37.6 Å². The van der Waals surface area contributed by atoms with Gasteiger partial charge in [0.05, 0.1) is 52.7 Å². The van der Waals surface area contributed by atoms with Crippen molar-refractivity contribution in [3.8, 4) is 65.0 Å². The van der Waals surface area contributed by atoms with Crippen molar-refractivity contribution in [2.45, 2.75) is 18.6 Å². The summed E-state index contributed by atoms with van der Waals surface area (Å²) in [6.45, 7) is -0.186. The van der Waals surface area contributed by atoms with E-state index in [1.165, 1.54) is 75.1 Å². The number of fused-ring (bicyclic) bond motifs is 7. The third kappa shape index (κ3) is 7.15. The second-order valence-corrected chi connectivity index (χ2v) is 19.7. The smallest absolute Gasteiger partial charge is 0.333 e. The number of benzene rings is 2. The van der Waals surface area contributed by atoms with Gasteiger partial charge in [-0.2, -0.15) is 21.0 Å². The van der Waals surface area contributed by atoms with Crippen LogP contribution in [0.25, 0.3) is 48.1 Å². The number of thiophene rings is 6. The predicted octanol–water partition coefficient (Wildman–Crippen LogP) is 11.7. The average Bonchev–Trinajstić information content (AvgIpc) is 4.18. The molecule has 0 saturated heterocycles. The summed E-state index contributed by atoms with van der Waals surface area (Å²) in [5, 5.41) is 38.2. The summed E-state index contributed by atoms with van der Waals surface area (Å²) < 4.78 is 27.3. The van der Waals surface area contributed by atoms with Gasteiger partial charge in [0.2, 0.25) is 16.8 Å². The molecule has 2 aromatic carbocycles. The molecule has 0 amide bonds. The molecule has 12 nitrogen and oxygen atoms in total. The molecule has 0 fully saturated rings. The number of methoxy groups -OCH3 is 2. The quantitative estimate of drug-likeness (QED) is 0.0647. The lowest BCUT2D eigenvalue weighted by molar-refractivity contribution is -0.164. The Balaban J connectivity index is 1.25. The van der Waals surface area contributed by atoms with Gasteiger partial charge in [0.25, 0.3) is 0 Å². The van der Waals surface area contributed by atoms with Crippen LogP contribution >= 0.6 is 68.0 Å². The highest BCUT2D eigenvalue weighted by Crippen LogP contribution is 2.64. The Morgan fingerprint density at radius 2 is 1.08 bits per heavy atom. The SMILES string of the molecule is COc1cc(N=C(C#N)C#N)sc1-c1cc2c(s1)-c1sc3c(sc4cc(-c5sc(N=C(C#N)C#N)cc5OC)sc43)c1C2(C(=O)OCc1ccccc1)C(=O)OCc1ccccc1. The molecule has 0 N–H and O–H groups in total. The molecule has 6 aromatic heterocycles. The van der Waals surface area contributed by atoms with E-state index < -0.39 is 17.4 Å². The van der Waals surface area contributed by atoms with Gasteiger partial charge in [0.15, 0.2) is 0 Å². The summed E-state index contributed by atoms with van der Waals surface area (Å²) in [6.07, 6.45) is 0. The Morgan fingerprint density at radius 3 is 1.57 bits per heavy atom. The van der Waals surface area contributed by atoms with Gasteiger partial charge in [-0.05, 0) is 23.3 Å². The number of hydrogen-bond donors (Lipinski definition) is 0. The first-order valence-electron chi connectivity index (χ1n) is 18.4. The van der Waals surface area contributed by atoms with E-state index in [0.29, 0.717) is 47.3 Å². The summed E-state index contributed by atoms with van der Waals surface area (Å²) in [4.78, 5) is 43.2. The molecular formula is C45H24N6O6S6. The summed E-state index contributed by atoms with van der Waals surface area (Å²) in [7, 11) is 3.05. The summed E-state index contributed by atoms with van der Waals surface area (Å²) in [5.41, 5.74) is -0.227. The molecule has 18 heteroatoms. The minimum absolute atomic E-state index is 0.0929.